The molecule has 0 amide bonds. The van der Waals surface area contributed by atoms with Gasteiger partial charge in [-0.15, -0.1) is 0 Å². The summed E-state index contributed by atoms with van der Waals surface area (Å²) in [6, 6.07) is 7.16. The van der Waals surface area contributed by atoms with Gasteiger partial charge in [0, 0.05) is 0 Å². The van der Waals surface area contributed by atoms with Crippen molar-refractivity contribution in [2.24, 2.45) is 5.10 Å². The van der Waals surface area contributed by atoms with Gasteiger partial charge in [-0.1, -0.05) is 6.07 Å². The molecule has 0 fully saturated rings. The van der Waals surface area contributed by atoms with Crippen LogP contribution in [0.2, 0.25) is 0 Å². The van der Waals surface area contributed by atoms with E-state index in [9.17, 15) is 8.96 Å². The lowest BCUT2D eigenvalue weighted by atomic mass is 10.3. The minimum Gasteiger partial charge on any atom is -0.304 e. The molecular formula is C12H15FN3O3P. The Bertz CT molecular complexity index is 561. The number of hydrazone groups is 1. The summed E-state index contributed by atoms with van der Waals surface area (Å²) in [7, 11) is -3.75. The van der Waals surface area contributed by atoms with Gasteiger partial charge in [0.05, 0.1) is 18.9 Å². The maximum absolute atomic E-state index is 13.0. The molecule has 0 atom stereocenters. The molecule has 0 heterocycles. The van der Waals surface area contributed by atoms with Crippen LogP contribution in [-0.4, -0.2) is 18.7 Å². The third-order valence-corrected chi connectivity index (χ3v) is 3.99. The van der Waals surface area contributed by atoms with E-state index in [2.05, 4.69) is 10.5 Å². The fraction of sp³-hybridized carbons (Fsp3) is 0.333. The maximum atomic E-state index is 13.0. The minimum atomic E-state index is -3.75. The Morgan fingerprint density at radius 2 is 2.10 bits per heavy atom. The zero-order valence-electron chi connectivity index (χ0n) is 11.2. The Morgan fingerprint density at radius 1 is 1.45 bits per heavy atom. The third kappa shape index (κ3) is 4.42. The number of hydrogen-bond donors (Lipinski definition) is 1. The lowest BCUT2D eigenvalue weighted by molar-refractivity contribution is 0.232. The lowest BCUT2D eigenvalue weighted by Crippen LogP contribution is -2.07. The van der Waals surface area contributed by atoms with E-state index in [1.54, 1.807) is 26.0 Å². The number of nitrogens with zero attached hydrogens (tertiary/aromatic N) is 2. The average Bonchev–Trinajstić information content (AvgIpc) is 2.40. The van der Waals surface area contributed by atoms with Gasteiger partial charge in [-0.3, -0.25) is 9.99 Å². The molecule has 0 saturated carbocycles. The smallest absolute Gasteiger partial charge is 0.304 e. The quantitative estimate of drug-likeness (QED) is 0.474. The summed E-state index contributed by atoms with van der Waals surface area (Å²) in [5.41, 5.74) is 2.36. The van der Waals surface area contributed by atoms with Crippen molar-refractivity contribution in [2.75, 3.05) is 18.6 Å². The van der Waals surface area contributed by atoms with Crippen molar-refractivity contribution in [3.63, 3.8) is 0 Å². The van der Waals surface area contributed by atoms with E-state index in [1.165, 1.54) is 18.2 Å². The largest absolute Gasteiger partial charge is 0.392 e. The zero-order chi connectivity index (χ0) is 15.0. The summed E-state index contributed by atoms with van der Waals surface area (Å²) in [5, 5.41) is 12.7. The number of rotatable bonds is 7. The molecule has 0 saturated heterocycles. The molecule has 0 aliphatic carbocycles. The summed E-state index contributed by atoms with van der Waals surface area (Å²) in [6.07, 6.45) is 0. The molecule has 0 aliphatic rings. The van der Waals surface area contributed by atoms with Gasteiger partial charge in [0.2, 0.25) is 5.45 Å². The van der Waals surface area contributed by atoms with Gasteiger partial charge >= 0.3 is 7.60 Å². The average molecular weight is 299 g/mol. The monoisotopic (exact) mass is 299 g/mol. The van der Waals surface area contributed by atoms with Gasteiger partial charge in [0.25, 0.3) is 0 Å². The van der Waals surface area contributed by atoms with Crippen molar-refractivity contribution in [3.8, 4) is 6.07 Å². The predicted molar refractivity (Wildman–Crippen MR) is 73.9 cm³/mol. The molecule has 1 aromatic rings. The molecule has 0 aromatic heterocycles. The molecule has 1 N–H and O–H groups in total. The van der Waals surface area contributed by atoms with Crippen molar-refractivity contribution in [1.82, 2.24) is 0 Å². The fourth-order valence-corrected chi connectivity index (χ4v) is 2.62. The highest BCUT2D eigenvalue weighted by molar-refractivity contribution is 7.73. The van der Waals surface area contributed by atoms with E-state index in [0.29, 0.717) is 5.69 Å². The van der Waals surface area contributed by atoms with E-state index >= 15 is 0 Å². The molecule has 0 unspecified atom stereocenters. The number of nitrogens with one attached hydrogen (secondary N) is 1. The Labute approximate surface area is 116 Å². The van der Waals surface area contributed by atoms with Crippen LogP contribution in [0.25, 0.3) is 0 Å². The molecule has 0 radical (unpaired) electrons. The van der Waals surface area contributed by atoms with Crippen LogP contribution in [-0.2, 0) is 13.6 Å². The first kappa shape index (κ1) is 16.3. The summed E-state index contributed by atoms with van der Waals surface area (Å²) >= 11 is 0. The van der Waals surface area contributed by atoms with E-state index in [0.717, 1.165) is 0 Å². The van der Waals surface area contributed by atoms with E-state index in [4.69, 9.17) is 14.3 Å². The first-order valence-corrected chi connectivity index (χ1v) is 7.49. The van der Waals surface area contributed by atoms with Crippen LogP contribution >= 0.6 is 7.60 Å². The van der Waals surface area contributed by atoms with Crippen LogP contribution in [0.4, 0.5) is 10.1 Å². The van der Waals surface area contributed by atoms with Crippen LogP contribution in [0.5, 0.6) is 0 Å². The topological polar surface area (TPSA) is 83.7 Å². The maximum Gasteiger partial charge on any atom is 0.392 e. The number of anilines is 1. The normalized spacial score (nSPS) is 12.0. The number of halogens is 1. The zero-order valence-corrected chi connectivity index (χ0v) is 12.1. The molecule has 0 aliphatic heterocycles. The first-order valence-electron chi connectivity index (χ1n) is 5.94. The molecule has 1 aromatic carbocycles. The van der Waals surface area contributed by atoms with Gasteiger partial charge in [0.1, 0.15) is 11.9 Å². The van der Waals surface area contributed by atoms with Gasteiger partial charge < -0.3 is 9.05 Å². The summed E-state index contributed by atoms with van der Waals surface area (Å²) in [6.45, 7) is 3.47. The van der Waals surface area contributed by atoms with Crippen molar-refractivity contribution >= 4 is 18.7 Å². The molecule has 8 heteroatoms. The van der Waals surface area contributed by atoms with E-state index in [1.807, 2.05) is 0 Å². The Kier molecular flexibility index (Phi) is 6.32. The summed E-state index contributed by atoms with van der Waals surface area (Å²) < 4.78 is 35.3. The number of nitriles is 1. The molecule has 6 nitrogen and oxygen atoms in total. The molecular weight excluding hydrogens is 284 g/mol. The first-order chi connectivity index (χ1) is 9.55. The van der Waals surface area contributed by atoms with Crippen LogP contribution in [0.15, 0.2) is 29.4 Å². The van der Waals surface area contributed by atoms with Crippen molar-refractivity contribution in [1.29, 1.82) is 5.26 Å². The van der Waals surface area contributed by atoms with Crippen LogP contribution in [0.1, 0.15) is 13.8 Å². The van der Waals surface area contributed by atoms with E-state index < -0.39 is 18.9 Å². The highest BCUT2D eigenvalue weighted by atomic mass is 31.2. The Hall–Kier alpha value is -1.74. The van der Waals surface area contributed by atoms with Crippen molar-refractivity contribution in [2.45, 2.75) is 13.8 Å². The highest BCUT2D eigenvalue weighted by Crippen LogP contribution is 2.49. The van der Waals surface area contributed by atoms with Crippen LogP contribution in [0, 0.1) is 17.1 Å². The van der Waals surface area contributed by atoms with Crippen molar-refractivity contribution in [3.05, 3.63) is 30.1 Å². The van der Waals surface area contributed by atoms with E-state index in [-0.39, 0.29) is 13.2 Å². The molecule has 0 spiro atoms. The fourth-order valence-electron chi connectivity index (χ4n) is 1.32. The molecule has 1 rings (SSSR count). The molecule has 20 heavy (non-hydrogen) atoms. The standard InChI is InChI=1S/C12H15FN3O3P/c1-3-18-20(17,19-4-2)12(9-14)16-15-11-7-5-6-10(13)8-11/h5-8,15H,3-4H2,1-2H3. The van der Waals surface area contributed by atoms with Crippen LogP contribution in [0.3, 0.4) is 0 Å². The summed E-state index contributed by atoms with van der Waals surface area (Å²) in [5.74, 6) is -0.457. The number of hydrogen-bond acceptors (Lipinski definition) is 6. The van der Waals surface area contributed by atoms with Gasteiger partial charge in [0.15, 0.2) is 0 Å². The van der Waals surface area contributed by atoms with Crippen LogP contribution < -0.4 is 5.43 Å². The molecule has 0 bridgehead atoms. The Morgan fingerprint density at radius 3 is 2.60 bits per heavy atom. The predicted octanol–water partition coefficient (Wildman–Crippen LogP) is 3.34. The van der Waals surface area contributed by atoms with Gasteiger partial charge in [-0.05, 0) is 32.0 Å². The highest BCUT2D eigenvalue weighted by Gasteiger charge is 2.32. The minimum absolute atomic E-state index is 0.109. The van der Waals surface area contributed by atoms with Gasteiger partial charge in [-0.25, -0.2) is 4.39 Å². The second kappa shape index (κ2) is 7.75. The Balaban J connectivity index is 2.96. The van der Waals surface area contributed by atoms with Gasteiger partial charge in [-0.2, -0.15) is 10.4 Å². The second-order valence-electron chi connectivity index (χ2n) is 3.50. The second-order valence-corrected chi connectivity index (χ2v) is 5.44. The SMILES string of the molecule is CCOP(=O)(OCC)C(C#N)=NNc1cccc(F)c1. The molecule has 108 valence electrons. The third-order valence-electron chi connectivity index (χ3n) is 2.07. The number of benzene rings is 1. The summed E-state index contributed by atoms with van der Waals surface area (Å²) in [4.78, 5) is 0. The lowest BCUT2D eigenvalue weighted by Gasteiger charge is -2.14. The van der Waals surface area contributed by atoms with Crippen molar-refractivity contribution < 1.29 is 18.0 Å².